The largest absolute Gasteiger partial charge is 0.497 e. The summed E-state index contributed by atoms with van der Waals surface area (Å²) in [6.07, 6.45) is 1.30. The van der Waals surface area contributed by atoms with E-state index in [9.17, 15) is 9.59 Å². The molecule has 0 bridgehead atoms. The van der Waals surface area contributed by atoms with Crippen LogP contribution in [0.4, 0.5) is 5.69 Å². The normalized spacial score (nSPS) is 18.6. The number of benzene rings is 1. The number of hydrogen-bond acceptors (Lipinski definition) is 4. The summed E-state index contributed by atoms with van der Waals surface area (Å²) in [7, 11) is 1.53. The second-order valence-electron chi connectivity index (χ2n) is 4.88. The Labute approximate surface area is 117 Å². The molecule has 0 aromatic heterocycles. The highest BCUT2D eigenvalue weighted by molar-refractivity contribution is 5.99. The Balaban J connectivity index is 2.16. The number of hydrogen-bond donors (Lipinski definition) is 2. The fourth-order valence-corrected chi connectivity index (χ4v) is 2.40. The van der Waals surface area contributed by atoms with Crippen LogP contribution in [0.1, 0.15) is 23.2 Å². The molecule has 1 aliphatic rings. The third-order valence-corrected chi connectivity index (χ3v) is 3.55. The van der Waals surface area contributed by atoms with E-state index in [1.165, 1.54) is 7.11 Å². The van der Waals surface area contributed by atoms with Gasteiger partial charge in [0.1, 0.15) is 5.75 Å². The van der Waals surface area contributed by atoms with Crippen molar-refractivity contribution in [3.05, 3.63) is 23.8 Å². The van der Waals surface area contributed by atoms with E-state index in [4.69, 9.17) is 15.6 Å². The molecule has 1 atom stereocenters. The zero-order chi connectivity index (χ0) is 14.7. The first-order valence-electron chi connectivity index (χ1n) is 6.48. The lowest BCUT2D eigenvalue weighted by Crippen LogP contribution is -2.42. The highest BCUT2D eigenvalue weighted by atomic mass is 16.5. The maximum atomic E-state index is 12.4. The molecule has 108 valence electrons. The fraction of sp³-hybridized carbons (Fsp3) is 0.429. The SMILES string of the molecule is COc1ccc(C(=O)N2CCC[C@H](C(=O)O)C2)c(N)c1. The van der Waals surface area contributed by atoms with Gasteiger partial charge in [0.05, 0.1) is 18.6 Å². The number of ether oxygens (including phenoxy) is 1. The van der Waals surface area contributed by atoms with E-state index in [-0.39, 0.29) is 12.5 Å². The Kier molecular flexibility index (Phi) is 4.12. The van der Waals surface area contributed by atoms with Crippen LogP contribution in [0.3, 0.4) is 0 Å². The Morgan fingerprint density at radius 3 is 2.80 bits per heavy atom. The molecule has 6 nitrogen and oxygen atoms in total. The third kappa shape index (κ3) is 2.84. The van der Waals surface area contributed by atoms with Gasteiger partial charge in [-0.1, -0.05) is 0 Å². The number of nitrogens with zero attached hydrogens (tertiary/aromatic N) is 1. The predicted octanol–water partition coefficient (Wildman–Crippen LogP) is 1.21. The van der Waals surface area contributed by atoms with Gasteiger partial charge < -0.3 is 20.5 Å². The number of piperidine rings is 1. The van der Waals surface area contributed by atoms with E-state index in [1.54, 1.807) is 23.1 Å². The van der Waals surface area contributed by atoms with Gasteiger partial charge in [-0.2, -0.15) is 0 Å². The summed E-state index contributed by atoms with van der Waals surface area (Å²) in [5.41, 5.74) is 6.58. The van der Waals surface area contributed by atoms with Crippen molar-refractivity contribution in [3.63, 3.8) is 0 Å². The van der Waals surface area contributed by atoms with E-state index in [2.05, 4.69) is 0 Å². The molecule has 1 aliphatic heterocycles. The van der Waals surface area contributed by atoms with Gasteiger partial charge in [0.15, 0.2) is 0 Å². The number of nitrogen functional groups attached to an aromatic ring is 1. The van der Waals surface area contributed by atoms with Crippen molar-refractivity contribution in [1.82, 2.24) is 4.90 Å². The fourth-order valence-electron chi connectivity index (χ4n) is 2.40. The first-order chi connectivity index (χ1) is 9.52. The number of carboxylic acids is 1. The van der Waals surface area contributed by atoms with Crippen LogP contribution in [0, 0.1) is 5.92 Å². The first-order valence-corrected chi connectivity index (χ1v) is 6.48. The quantitative estimate of drug-likeness (QED) is 0.811. The van der Waals surface area contributed by atoms with Crippen molar-refractivity contribution in [3.8, 4) is 5.75 Å². The van der Waals surface area contributed by atoms with Crippen molar-refractivity contribution in [2.75, 3.05) is 25.9 Å². The summed E-state index contributed by atoms with van der Waals surface area (Å²) >= 11 is 0. The van der Waals surface area contributed by atoms with Gasteiger partial charge in [-0.15, -0.1) is 0 Å². The molecule has 6 heteroatoms. The number of methoxy groups -OCH3 is 1. The van der Waals surface area contributed by atoms with Crippen LogP contribution < -0.4 is 10.5 Å². The average molecular weight is 278 g/mol. The molecule has 1 aromatic carbocycles. The molecular formula is C14H18N2O4. The Morgan fingerprint density at radius 1 is 1.45 bits per heavy atom. The molecule has 1 saturated heterocycles. The Hall–Kier alpha value is -2.24. The summed E-state index contributed by atoms with van der Waals surface area (Å²) in [5.74, 6) is -0.991. The zero-order valence-electron chi connectivity index (χ0n) is 11.3. The van der Waals surface area contributed by atoms with Crippen LogP contribution in [0.25, 0.3) is 0 Å². The van der Waals surface area contributed by atoms with Crippen LogP contribution in [-0.2, 0) is 4.79 Å². The highest BCUT2D eigenvalue weighted by Crippen LogP contribution is 2.24. The van der Waals surface area contributed by atoms with Crippen LogP contribution in [-0.4, -0.2) is 42.1 Å². The molecule has 1 fully saturated rings. The van der Waals surface area contributed by atoms with Crippen molar-refractivity contribution in [2.45, 2.75) is 12.8 Å². The topological polar surface area (TPSA) is 92.9 Å². The Bertz CT molecular complexity index is 530. The van der Waals surface area contributed by atoms with E-state index in [1.807, 2.05) is 0 Å². The minimum absolute atomic E-state index is 0.226. The molecule has 1 heterocycles. The number of carbonyl (C=O) groups excluding carboxylic acids is 1. The van der Waals surface area contributed by atoms with Crippen LogP contribution >= 0.6 is 0 Å². The predicted molar refractivity (Wildman–Crippen MR) is 73.7 cm³/mol. The lowest BCUT2D eigenvalue weighted by atomic mass is 9.97. The number of anilines is 1. The smallest absolute Gasteiger partial charge is 0.308 e. The lowest BCUT2D eigenvalue weighted by molar-refractivity contribution is -0.143. The van der Waals surface area contributed by atoms with Crippen molar-refractivity contribution >= 4 is 17.6 Å². The standard InChI is InChI=1S/C14H18N2O4/c1-20-10-4-5-11(12(15)7-10)13(17)16-6-2-3-9(8-16)14(18)19/h4-5,7,9H,2-3,6,8,15H2,1H3,(H,18,19)/t9-/m0/s1. The van der Waals surface area contributed by atoms with Gasteiger partial charge in [-0.05, 0) is 25.0 Å². The molecule has 3 N–H and O–H groups in total. The van der Waals surface area contributed by atoms with Gasteiger partial charge in [-0.25, -0.2) is 0 Å². The van der Waals surface area contributed by atoms with Gasteiger partial charge in [0.25, 0.3) is 5.91 Å². The van der Waals surface area contributed by atoms with E-state index in [0.717, 1.165) is 0 Å². The molecule has 0 aliphatic carbocycles. The average Bonchev–Trinajstić information content (AvgIpc) is 2.46. The van der Waals surface area contributed by atoms with Crippen molar-refractivity contribution in [1.29, 1.82) is 0 Å². The maximum Gasteiger partial charge on any atom is 0.308 e. The number of amides is 1. The Morgan fingerprint density at radius 2 is 2.20 bits per heavy atom. The molecule has 2 rings (SSSR count). The van der Waals surface area contributed by atoms with E-state index < -0.39 is 11.9 Å². The summed E-state index contributed by atoms with van der Waals surface area (Å²) in [4.78, 5) is 25.0. The number of carbonyl (C=O) groups is 2. The van der Waals surface area contributed by atoms with Gasteiger partial charge in [0.2, 0.25) is 0 Å². The summed E-state index contributed by atoms with van der Waals surface area (Å²) in [6, 6.07) is 4.87. The van der Waals surface area contributed by atoms with Crippen molar-refractivity contribution < 1.29 is 19.4 Å². The lowest BCUT2D eigenvalue weighted by Gasteiger charge is -2.31. The number of carboxylic acid groups (broad SMARTS) is 1. The number of nitrogens with two attached hydrogens (primary N) is 1. The number of rotatable bonds is 3. The summed E-state index contributed by atoms with van der Waals surface area (Å²) in [6.45, 7) is 0.799. The molecule has 20 heavy (non-hydrogen) atoms. The first kappa shape index (κ1) is 14.2. The number of likely N-dealkylation sites (tertiary alicyclic amines) is 1. The minimum Gasteiger partial charge on any atom is -0.497 e. The summed E-state index contributed by atoms with van der Waals surface area (Å²) < 4.78 is 5.04. The monoisotopic (exact) mass is 278 g/mol. The maximum absolute atomic E-state index is 12.4. The van der Waals surface area contributed by atoms with Gasteiger partial charge in [-0.3, -0.25) is 9.59 Å². The molecule has 0 radical (unpaired) electrons. The molecule has 0 unspecified atom stereocenters. The zero-order valence-corrected chi connectivity index (χ0v) is 11.3. The second kappa shape index (κ2) is 5.81. The third-order valence-electron chi connectivity index (χ3n) is 3.55. The molecule has 1 aromatic rings. The van der Waals surface area contributed by atoms with E-state index >= 15 is 0 Å². The molecule has 0 spiro atoms. The second-order valence-corrected chi connectivity index (χ2v) is 4.88. The minimum atomic E-state index is -0.856. The van der Waals surface area contributed by atoms with Crippen LogP contribution in [0.2, 0.25) is 0 Å². The molecule has 1 amide bonds. The van der Waals surface area contributed by atoms with Crippen LogP contribution in [0.5, 0.6) is 5.75 Å². The van der Waals surface area contributed by atoms with E-state index in [0.29, 0.717) is 36.4 Å². The number of aliphatic carboxylic acids is 1. The van der Waals surface area contributed by atoms with Crippen LogP contribution in [0.15, 0.2) is 18.2 Å². The van der Waals surface area contributed by atoms with Crippen molar-refractivity contribution in [2.24, 2.45) is 5.92 Å². The summed E-state index contributed by atoms with van der Waals surface area (Å²) in [5, 5.41) is 9.05. The highest BCUT2D eigenvalue weighted by Gasteiger charge is 2.29. The molecular weight excluding hydrogens is 260 g/mol. The van der Waals surface area contributed by atoms with Gasteiger partial charge in [0, 0.05) is 24.8 Å². The van der Waals surface area contributed by atoms with Gasteiger partial charge >= 0.3 is 5.97 Å². The molecule has 0 saturated carbocycles.